The molecule has 5 rings (SSSR count). The van der Waals surface area contributed by atoms with Crippen molar-refractivity contribution in [1.82, 2.24) is 19.7 Å². The molecule has 0 atom stereocenters. The Morgan fingerprint density at radius 3 is 1.50 bits per heavy atom. The van der Waals surface area contributed by atoms with Crippen LogP contribution in [0.25, 0.3) is 0 Å². The summed E-state index contributed by atoms with van der Waals surface area (Å²) in [6, 6.07) is 7.64. The van der Waals surface area contributed by atoms with Gasteiger partial charge in [-0.2, -0.15) is 89.6 Å². The standard InChI is InChI=1S/C33H20ClF17N8O10S3.2Na/c34-23-57-24(53-7-8-54-72(68,69)33(50,51)31(45,46)29(41,42)27(37,38)26(35,36)28(39,40)30(43,44)32(47,48)49)59-25(58-23)56-14-9-11(5-6-16(14)70(62,63)64)55-15-10-17(71(65,66)67)20(52)19-18(15)21(60)12-3-1-2-4-13(12)22(19)61;;/h1-6,9-10,54-55H,7-8,52H2,(H,62,63,64)(H,65,66,67)(H2,53,56,57,58,59);;/q;2*+1/p-2. The number of alkyl halides is 17. The molecule has 4 aromatic rings. The Morgan fingerprint density at radius 2 is 1.01 bits per heavy atom. The average molecular weight is 1190 g/mol. The van der Waals surface area contributed by atoms with Gasteiger partial charge >= 0.3 is 106 Å². The minimum atomic E-state index is -9.05. The first kappa shape index (κ1) is 64.3. The van der Waals surface area contributed by atoms with Crippen molar-refractivity contribution in [3.05, 3.63) is 76.1 Å². The predicted octanol–water partition coefficient (Wildman–Crippen LogP) is 0.484. The Labute approximate surface area is 449 Å². The maximum Gasteiger partial charge on any atom is 1.00 e. The van der Waals surface area contributed by atoms with Crippen molar-refractivity contribution in [2.45, 2.75) is 56.8 Å². The second-order valence-electron chi connectivity index (χ2n) is 14.2. The number of anilines is 6. The number of ketones is 2. The molecule has 41 heteroatoms. The van der Waals surface area contributed by atoms with Crippen molar-refractivity contribution in [2.75, 3.05) is 34.8 Å². The second-order valence-corrected chi connectivity index (χ2v) is 19.0. The Hall–Kier alpha value is -3.96. The number of nitrogens with one attached hydrogen (secondary N) is 4. The average Bonchev–Trinajstić information content (AvgIpc) is 3.23. The smallest absolute Gasteiger partial charge is 0.744 e. The molecule has 18 nitrogen and oxygen atoms in total. The van der Waals surface area contributed by atoms with Gasteiger partial charge in [-0.3, -0.25) is 9.59 Å². The largest absolute Gasteiger partial charge is 1.00 e. The molecule has 0 bridgehead atoms. The molecule has 0 aliphatic heterocycles. The van der Waals surface area contributed by atoms with Crippen LogP contribution in [-0.2, 0) is 30.3 Å². The summed E-state index contributed by atoms with van der Waals surface area (Å²) >= 11 is 5.76. The fourth-order valence-electron chi connectivity index (χ4n) is 6.05. The van der Waals surface area contributed by atoms with Crippen LogP contribution in [0.4, 0.5) is 109 Å². The number of hydrogen-bond donors (Lipinski definition) is 5. The van der Waals surface area contributed by atoms with Crippen LogP contribution in [0.3, 0.4) is 0 Å². The first-order chi connectivity index (χ1) is 32.3. The molecular weight excluding hydrogens is 1170 g/mol. The molecule has 0 spiro atoms. The topological polar surface area (TPSA) is 295 Å². The Bertz CT molecular complexity index is 3260. The molecule has 6 N–H and O–H groups in total. The fraction of sp³-hybridized carbons (Fsp3) is 0.303. The molecule has 3 aromatic carbocycles. The maximum absolute atomic E-state index is 14.5. The number of aromatic nitrogens is 3. The van der Waals surface area contributed by atoms with Crippen molar-refractivity contribution >= 4 is 88.1 Å². The minimum Gasteiger partial charge on any atom is -0.744 e. The van der Waals surface area contributed by atoms with E-state index in [0.717, 1.165) is 6.07 Å². The molecule has 0 radical (unpaired) electrons. The van der Waals surface area contributed by atoms with Crippen LogP contribution in [0.1, 0.15) is 31.8 Å². The summed E-state index contributed by atoms with van der Waals surface area (Å²) < 4.78 is 329. The zero-order valence-electron chi connectivity index (χ0n) is 35.6. The molecule has 74 heavy (non-hydrogen) atoms. The van der Waals surface area contributed by atoms with Crippen LogP contribution in [-0.4, -0.2) is 121 Å². The van der Waals surface area contributed by atoms with Gasteiger partial charge in [-0.1, -0.05) is 24.3 Å². The van der Waals surface area contributed by atoms with Gasteiger partial charge in [0.15, 0.2) is 11.6 Å². The Morgan fingerprint density at radius 1 is 0.554 bits per heavy atom. The van der Waals surface area contributed by atoms with E-state index in [9.17, 15) is 119 Å². The van der Waals surface area contributed by atoms with Crippen molar-refractivity contribution < 1.29 is 178 Å². The Balaban J connectivity index is 0.00000722. The zero-order valence-corrected chi connectivity index (χ0v) is 42.8. The van der Waals surface area contributed by atoms with E-state index in [2.05, 4.69) is 25.6 Å². The van der Waals surface area contributed by atoms with Gasteiger partial charge in [0.1, 0.15) is 20.2 Å². The van der Waals surface area contributed by atoms with Gasteiger partial charge in [-0.05, 0) is 35.9 Å². The molecule has 1 aromatic heterocycles. The van der Waals surface area contributed by atoms with Crippen molar-refractivity contribution in [3.8, 4) is 0 Å². The summed E-state index contributed by atoms with van der Waals surface area (Å²) in [6.45, 7) is -3.23. The molecule has 0 unspecified atom stereocenters. The van der Waals surface area contributed by atoms with E-state index in [4.69, 9.17) is 17.3 Å². The molecule has 0 fully saturated rings. The van der Waals surface area contributed by atoms with E-state index < -0.39 is 163 Å². The Kier molecular flexibility index (Phi) is 18.1. The molecule has 1 aliphatic carbocycles. The number of rotatable bonds is 18. The number of fused-ring (bicyclic) bond motifs is 2. The summed E-state index contributed by atoms with van der Waals surface area (Å²) in [4.78, 5) is 35.1. The fourth-order valence-corrected chi connectivity index (χ4v) is 8.48. The van der Waals surface area contributed by atoms with Crippen molar-refractivity contribution in [2.24, 2.45) is 0 Å². The van der Waals surface area contributed by atoms with Gasteiger partial charge in [0.25, 0.3) is 10.0 Å². The number of nitrogen functional groups attached to an aromatic ring is 1. The number of nitrogens with two attached hydrogens (primary N) is 1. The van der Waals surface area contributed by atoms with E-state index in [1.54, 1.807) is 0 Å². The number of nitrogens with zero attached hydrogens (tertiary/aromatic N) is 3. The predicted molar refractivity (Wildman–Crippen MR) is 204 cm³/mol. The minimum absolute atomic E-state index is 0. The summed E-state index contributed by atoms with van der Waals surface area (Å²) in [5, 5.41) is -2.42. The third kappa shape index (κ3) is 10.8. The van der Waals surface area contributed by atoms with E-state index in [0.29, 0.717) is 22.9 Å². The van der Waals surface area contributed by atoms with E-state index in [-0.39, 0.29) is 70.2 Å². The number of benzene rings is 3. The van der Waals surface area contributed by atoms with Gasteiger partial charge in [0.2, 0.25) is 17.2 Å². The molecule has 0 saturated heterocycles. The monoisotopic (exact) mass is 1190 g/mol. The molecule has 0 amide bonds. The van der Waals surface area contributed by atoms with E-state index in [1.807, 2.05) is 5.32 Å². The van der Waals surface area contributed by atoms with Crippen LogP contribution in [0.15, 0.2) is 58.3 Å². The zero-order chi connectivity index (χ0) is 55.2. The van der Waals surface area contributed by atoms with Gasteiger partial charge < -0.3 is 30.8 Å². The van der Waals surface area contributed by atoms with Gasteiger partial charge in [-0.15, -0.1) is 0 Å². The van der Waals surface area contributed by atoms with Crippen LogP contribution in [0.5, 0.6) is 0 Å². The molecular formula is C33H18ClF17N8Na2O10S3. The SMILES string of the molecule is Nc1c(S(=O)(=O)[O-])cc(Nc2ccc(S(=O)(=O)[O-])c(Nc3nc(Cl)nc(NCCNS(=O)(=O)C(F)(F)C(F)(F)C(F)(F)C(F)(F)C(F)(F)C(F)(F)C(F)(F)C(F)(F)F)n3)c2)c2c1C(=O)c1ccccc1C2=O.[Na+].[Na+]. The van der Waals surface area contributed by atoms with E-state index in [1.165, 1.54) is 24.3 Å². The summed E-state index contributed by atoms with van der Waals surface area (Å²) in [6.07, 6.45) is -8.01. The molecule has 0 saturated carbocycles. The quantitative estimate of drug-likeness (QED) is 0.0262. The molecule has 1 heterocycles. The number of halogens is 18. The molecule has 396 valence electrons. The maximum atomic E-state index is 14.5. The summed E-state index contributed by atoms with van der Waals surface area (Å²) in [7, 11) is -18.8. The van der Waals surface area contributed by atoms with Gasteiger partial charge in [-0.25, -0.2) is 30.0 Å². The number of sulfonamides is 1. The number of carbonyl (C=O) groups is 2. The van der Waals surface area contributed by atoms with Crippen LogP contribution >= 0.6 is 11.6 Å². The second kappa shape index (κ2) is 20.8. The normalized spacial score (nSPS) is 14.3. The first-order valence-electron chi connectivity index (χ1n) is 17.9. The van der Waals surface area contributed by atoms with Crippen molar-refractivity contribution in [3.63, 3.8) is 0 Å². The first-order valence-corrected chi connectivity index (χ1v) is 22.6. The third-order valence-corrected chi connectivity index (χ3v) is 13.0. The van der Waals surface area contributed by atoms with E-state index >= 15 is 0 Å². The summed E-state index contributed by atoms with van der Waals surface area (Å²) in [5.41, 5.74) is 1.18. The number of carbonyl (C=O) groups excluding carboxylic acids is 2. The van der Waals surface area contributed by atoms with Crippen LogP contribution < -0.4 is 85.5 Å². The van der Waals surface area contributed by atoms with Crippen LogP contribution in [0, 0.1) is 0 Å². The van der Waals surface area contributed by atoms with Gasteiger partial charge in [0.05, 0.1) is 38.0 Å². The number of hydrogen-bond acceptors (Lipinski definition) is 17. The van der Waals surface area contributed by atoms with Crippen LogP contribution in [0.2, 0.25) is 5.28 Å². The molecule has 1 aliphatic rings. The van der Waals surface area contributed by atoms with Crippen molar-refractivity contribution in [1.29, 1.82) is 0 Å². The summed E-state index contributed by atoms with van der Waals surface area (Å²) in [5.74, 6) is -56.8. The third-order valence-electron chi connectivity index (χ3n) is 9.58. The van der Waals surface area contributed by atoms with Gasteiger partial charge in [0, 0.05) is 29.9 Å².